The fourth-order valence-electron chi connectivity index (χ4n) is 4.33. The standard InChI is InChI=1S/C23H24N2O3S/c26-23(18-7-8-19-22(11-18)29-14-24-19)25(12-16-4-2-1-3-5-16)13-17-6-9-20-21(10-17)28-15-27-20/h6-11,14,16H,1-5,12-13,15H2. The van der Waals surface area contributed by atoms with Crippen LogP contribution in [0.25, 0.3) is 10.2 Å². The van der Waals surface area contributed by atoms with E-state index in [0.29, 0.717) is 12.5 Å². The molecule has 2 heterocycles. The quantitative estimate of drug-likeness (QED) is 0.579. The third kappa shape index (κ3) is 3.94. The molecule has 0 saturated heterocycles. The largest absolute Gasteiger partial charge is 0.454 e. The summed E-state index contributed by atoms with van der Waals surface area (Å²) in [6.07, 6.45) is 6.26. The Bertz CT molecular complexity index is 1030. The van der Waals surface area contributed by atoms with Crippen LogP contribution in [-0.2, 0) is 6.54 Å². The molecule has 3 aromatic rings. The summed E-state index contributed by atoms with van der Waals surface area (Å²) in [5.74, 6) is 2.20. The zero-order chi connectivity index (χ0) is 19.6. The lowest BCUT2D eigenvalue weighted by Gasteiger charge is -2.30. The maximum atomic E-state index is 13.5. The van der Waals surface area contributed by atoms with Crippen molar-refractivity contribution in [2.75, 3.05) is 13.3 Å². The van der Waals surface area contributed by atoms with Gasteiger partial charge in [0, 0.05) is 18.7 Å². The number of amides is 1. The molecule has 1 fully saturated rings. The maximum Gasteiger partial charge on any atom is 0.254 e. The van der Waals surface area contributed by atoms with E-state index in [0.717, 1.165) is 39.4 Å². The van der Waals surface area contributed by atoms with E-state index >= 15 is 0 Å². The highest BCUT2D eigenvalue weighted by Gasteiger charge is 2.23. The van der Waals surface area contributed by atoms with Crippen LogP contribution in [0.1, 0.15) is 48.0 Å². The molecule has 1 aromatic heterocycles. The first-order chi connectivity index (χ1) is 14.3. The van der Waals surface area contributed by atoms with Gasteiger partial charge in [-0.2, -0.15) is 0 Å². The van der Waals surface area contributed by atoms with Crippen LogP contribution in [0, 0.1) is 5.92 Å². The number of ether oxygens (including phenoxy) is 2. The Morgan fingerprint density at radius 3 is 2.83 bits per heavy atom. The molecule has 1 saturated carbocycles. The fourth-order valence-corrected chi connectivity index (χ4v) is 5.05. The second-order valence-electron chi connectivity index (χ2n) is 7.91. The summed E-state index contributed by atoms with van der Waals surface area (Å²) >= 11 is 1.57. The van der Waals surface area contributed by atoms with Crippen molar-refractivity contribution in [2.45, 2.75) is 38.6 Å². The van der Waals surface area contributed by atoms with Gasteiger partial charge in [-0.25, -0.2) is 4.98 Å². The number of carbonyl (C=O) groups is 1. The van der Waals surface area contributed by atoms with Gasteiger partial charge in [-0.1, -0.05) is 25.3 Å². The summed E-state index contributed by atoms with van der Waals surface area (Å²) in [5, 5.41) is 0. The van der Waals surface area contributed by atoms with Crippen molar-refractivity contribution < 1.29 is 14.3 Å². The number of aromatic nitrogens is 1. The number of thiazole rings is 1. The number of fused-ring (bicyclic) bond motifs is 2. The lowest BCUT2D eigenvalue weighted by Crippen LogP contribution is -2.35. The van der Waals surface area contributed by atoms with Crippen LogP contribution in [0.4, 0.5) is 0 Å². The number of hydrogen-bond donors (Lipinski definition) is 0. The van der Waals surface area contributed by atoms with Gasteiger partial charge in [0.25, 0.3) is 5.91 Å². The van der Waals surface area contributed by atoms with E-state index < -0.39 is 0 Å². The molecular formula is C23H24N2O3S. The molecule has 0 N–H and O–H groups in total. The molecule has 5 rings (SSSR count). The highest BCUT2D eigenvalue weighted by atomic mass is 32.1. The van der Waals surface area contributed by atoms with Gasteiger partial charge >= 0.3 is 0 Å². The Balaban J connectivity index is 1.41. The molecule has 6 heteroatoms. The summed E-state index contributed by atoms with van der Waals surface area (Å²) in [6, 6.07) is 11.8. The van der Waals surface area contributed by atoms with E-state index in [1.807, 2.05) is 46.8 Å². The SMILES string of the molecule is O=C(c1ccc2ncsc2c1)N(Cc1ccc2c(c1)OCO2)CC1CCCCC1. The second-order valence-corrected chi connectivity index (χ2v) is 8.80. The Labute approximate surface area is 174 Å². The number of nitrogens with zero attached hydrogens (tertiary/aromatic N) is 2. The van der Waals surface area contributed by atoms with Crippen LogP contribution >= 0.6 is 11.3 Å². The van der Waals surface area contributed by atoms with Crippen molar-refractivity contribution in [1.29, 1.82) is 0 Å². The number of carbonyl (C=O) groups excluding carboxylic acids is 1. The van der Waals surface area contributed by atoms with E-state index in [4.69, 9.17) is 9.47 Å². The molecule has 150 valence electrons. The van der Waals surface area contributed by atoms with Gasteiger partial charge in [0.2, 0.25) is 6.79 Å². The lowest BCUT2D eigenvalue weighted by atomic mass is 9.88. The third-order valence-electron chi connectivity index (χ3n) is 5.88. The summed E-state index contributed by atoms with van der Waals surface area (Å²) in [6.45, 7) is 1.64. The minimum atomic E-state index is 0.0866. The lowest BCUT2D eigenvalue weighted by molar-refractivity contribution is 0.0699. The highest BCUT2D eigenvalue weighted by molar-refractivity contribution is 7.16. The average Bonchev–Trinajstić information content (AvgIpc) is 3.41. The zero-order valence-electron chi connectivity index (χ0n) is 16.3. The van der Waals surface area contributed by atoms with Crippen molar-refractivity contribution in [2.24, 2.45) is 5.92 Å². The Kier molecular flexibility index (Phi) is 5.10. The molecule has 0 radical (unpaired) electrons. The zero-order valence-corrected chi connectivity index (χ0v) is 17.1. The topological polar surface area (TPSA) is 51.7 Å². The van der Waals surface area contributed by atoms with E-state index in [9.17, 15) is 4.79 Å². The van der Waals surface area contributed by atoms with Gasteiger partial charge < -0.3 is 14.4 Å². The van der Waals surface area contributed by atoms with Crippen LogP contribution in [0.3, 0.4) is 0 Å². The predicted molar refractivity (Wildman–Crippen MR) is 114 cm³/mol. The summed E-state index contributed by atoms with van der Waals surface area (Å²) in [4.78, 5) is 19.8. The molecule has 0 spiro atoms. The third-order valence-corrected chi connectivity index (χ3v) is 6.67. The fraction of sp³-hybridized carbons (Fsp3) is 0.391. The van der Waals surface area contributed by atoms with Crippen molar-refractivity contribution in [3.63, 3.8) is 0 Å². The summed E-state index contributed by atoms with van der Waals surface area (Å²) < 4.78 is 12.0. The molecule has 0 bridgehead atoms. The van der Waals surface area contributed by atoms with Gasteiger partial charge in [0.05, 0.1) is 15.7 Å². The highest BCUT2D eigenvalue weighted by Crippen LogP contribution is 2.33. The Morgan fingerprint density at radius 1 is 1.07 bits per heavy atom. The van der Waals surface area contributed by atoms with E-state index in [1.165, 1.54) is 32.1 Å². The molecule has 1 aliphatic heterocycles. The van der Waals surface area contributed by atoms with Gasteiger partial charge in [-0.3, -0.25) is 4.79 Å². The van der Waals surface area contributed by atoms with Crippen molar-refractivity contribution in [1.82, 2.24) is 9.88 Å². The smallest absolute Gasteiger partial charge is 0.254 e. The maximum absolute atomic E-state index is 13.5. The van der Waals surface area contributed by atoms with Gasteiger partial charge in [0.1, 0.15) is 0 Å². The van der Waals surface area contributed by atoms with Crippen molar-refractivity contribution in [3.8, 4) is 11.5 Å². The number of hydrogen-bond acceptors (Lipinski definition) is 5. The van der Waals surface area contributed by atoms with E-state index in [2.05, 4.69) is 4.98 Å². The molecular weight excluding hydrogens is 384 g/mol. The molecule has 2 aliphatic rings. The molecule has 2 aromatic carbocycles. The van der Waals surface area contributed by atoms with Crippen LogP contribution in [0.5, 0.6) is 11.5 Å². The van der Waals surface area contributed by atoms with Crippen molar-refractivity contribution in [3.05, 3.63) is 53.0 Å². The minimum absolute atomic E-state index is 0.0866. The Hall–Kier alpha value is -2.60. The van der Waals surface area contributed by atoms with Gasteiger partial charge in [0.15, 0.2) is 11.5 Å². The van der Waals surface area contributed by atoms with Crippen LogP contribution in [0.15, 0.2) is 41.9 Å². The van der Waals surface area contributed by atoms with Crippen LogP contribution in [0.2, 0.25) is 0 Å². The predicted octanol–water partition coefficient (Wildman–Crippen LogP) is 5.25. The van der Waals surface area contributed by atoms with Gasteiger partial charge in [-0.05, 0) is 54.7 Å². The molecule has 5 nitrogen and oxygen atoms in total. The first-order valence-electron chi connectivity index (χ1n) is 10.3. The first kappa shape index (κ1) is 18.4. The summed E-state index contributed by atoms with van der Waals surface area (Å²) in [5.41, 5.74) is 4.57. The average molecular weight is 409 g/mol. The molecule has 29 heavy (non-hydrogen) atoms. The Morgan fingerprint density at radius 2 is 1.93 bits per heavy atom. The number of rotatable bonds is 5. The monoisotopic (exact) mass is 408 g/mol. The normalized spacial score (nSPS) is 16.3. The number of benzene rings is 2. The minimum Gasteiger partial charge on any atom is -0.454 e. The van der Waals surface area contributed by atoms with E-state index in [1.54, 1.807) is 11.3 Å². The van der Waals surface area contributed by atoms with Crippen LogP contribution < -0.4 is 9.47 Å². The summed E-state index contributed by atoms with van der Waals surface area (Å²) in [7, 11) is 0. The van der Waals surface area contributed by atoms with Gasteiger partial charge in [-0.15, -0.1) is 11.3 Å². The molecule has 0 unspecified atom stereocenters. The second kappa shape index (κ2) is 8.03. The van der Waals surface area contributed by atoms with Crippen molar-refractivity contribution >= 4 is 27.5 Å². The first-order valence-corrected chi connectivity index (χ1v) is 11.2. The molecule has 0 atom stereocenters. The van der Waals surface area contributed by atoms with Crippen LogP contribution in [-0.4, -0.2) is 29.1 Å². The van der Waals surface area contributed by atoms with E-state index in [-0.39, 0.29) is 12.7 Å². The molecule has 1 aliphatic carbocycles. The molecule has 1 amide bonds.